The fourth-order valence-corrected chi connectivity index (χ4v) is 3.05. The predicted molar refractivity (Wildman–Crippen MR) is 87.4 cm³/mol. The van der Waals surface area contributed by atoms with Crippen LogP contribution in [0, 0.1) is 5.92 Å². The van der Waals surface area contributed by atoms with Crippen molar-refractivity contribution in [1.29, 1.82) is 0 Å². The molecular formula is C18H25NO4. The summed E-state index contributed by atoms with van der Waals surface area (Å²) in [6.07, 6.45) is 0.471. The number of methoxy groups -OCH3 is 1. The second-order valence-corrected chi connectivity index (χ2v) is 7.11. The average molecular weight is 319 g/mol. The van der Waals surface area contributed by atoms with Gasteiger partial charge in [-0.25, -0.2) is 4.79 Å². The predicted octanol–water partition coefficient (Wildman–Crippen LogP) is 3.59. The zero-order chi connectivity index (χ0) is 17.2. The molecule has 2 rings (SSSR count). The number of benzene rings is 1. The molecule has 0 spiro atoms. The summed E-state index contributed by atoms with van der Waals surface area (Å²) in [5.41, 5.74) is 2.21. The zero-order valence-electron chi connectivity index (χ0n) is 14.2. The first-order valence-electron chi connectivity index (χ1n) is 7.92. The molecule has 1 fully saturated rings. The maximum atomic E-state index is 12.0. The Balaban J connectivity index is 2.30. The highest BCUT2D eigenvalue weighted by Crippen LogP contribution is 2.35. The number of likely N-dealkylation sites (tertiary alicyclic amines) is 1. The van der Waals surface area contributed by atoms with E-state index in [0.717, 1.165) is 5.56 Å². The van der Waals surface area contributed by atoms with Gasteiger partial charge >= 0.3 is 12.1 Å². The van der Waals surface area contributed by atoms with Gasteiger partial charge in [0.2, 0.25) is 0 Å². The molecule has 0 aromatic heterocycles. The smallest absolute Gasteiger partial charge is 0.409 e. The first-order chi connectivity index (χ1) is 10.7. The topological polar surface area (TPSA) is 66.8 Å². The molecule has 0 radical (unpaired) electrons. The molecule has 1 heterocycles. The monoisotopic (exact) mass is 319 g/mol. The van der Waals surface area contributed by atoms with E-state index in [-0.39, 0.29) is 11.5 Å². The van der Waals surface area contributed by atoms with Gasteiger partial charge < -0.3 is 14.7 Å². The maximum absolute atomic E-state index is 12.0. The van der Waals surface area contributed by atoms with Crippen molar-refractivity contribution in [3.05, 3.63) is 35.4 Å². The van der Waals surface area contributed by atoms with Gasteiger partial charge in [0.25, 0.3) is 0 Å². The van der Waals surface area contributed by atoms with Gasteiger partial charge in [-0.3, -0.25) is 4.79 Å². The van der Waals surface area contributed by atoms with E-state index in [0.29, 0.717) is 19.4 Å². The Kier molecular flexibility index (Phi) is 4.97. The Morgan fingerprint density at radius 2 is 1.83 bits per heavy atom. The first-order valence-corrected chi connectivity index (χ1v) is 7.92. The molecule has 2 unspecified atom stereocenters. The molecular weight excluding hydrogens is 294 g/mol. The molecule has 1 aromatic rings. The van der Waals surface area contributed by atoms with Crippen molar-refractivity contribution in [3.63, 3.8) is 0 Å². The van der Waals surface area contributed by atoms with Gasteiger partial charge in [-0.05, 0) is 29.4 Å². The summed E-state index contributed by atoms with van der Waals surface area (Å²) in [4.78, 5) is 25.0. The molecule has 1 aromatic carbocycles. The summed E-state index contributed by atoms with van der Waals surface area (Å²) < 4.78 is 4.85. The third-order valence-corrected chi connectivity index (χ3v) is 4.52. The van der Waals surface area contributed by atoms with Crippen LogP contribution in [0.1, 0.15) is 50.8 Å². The lowest BCUT2D eigenvalue weighted by atomic mass is 9.84. The quantitative estimate of drug-likeness (QED) is 0.904. The highest BCUT2D eigenvalue weighted by Gasteiger charge is 2.36. The van der Waals surface area contributed by atoms with Crippen LogP contribution in [0.3, 0.4) is 0 Å². The van der Waals surface area contributed by atoms with Crippen LogP contribution in [0.25, 0.3) is 0 Å². The molecule has 1 amide bonds. The van der Waals surface area contributed by atoms with Gasteiger partial charge in [0.1, 0.15) is 0 Å². The van der Waals surface area contributed by atoms with Crippen LogP contribution in [0.5, 0.6) is 0 Å². The van der Waals surface area contributed by atoms with Crippen molar-refractivity contribution in [2.75, 3.05) is 13.7 Å². The van der Waals surface area contributed by atoms with Gasteiger partial charge in [-0.1, -0.05) is 45.0 Å². The summed E-state index contributed by atoms with van der Waals surface area (Å²) in [7, 11) is 1.35. The molecule has 0 bridgehead atoms. The molecule has 1 aliphatic rings. The minimum absolute atomic E-state index is 0.0523. The molecule has 1 saturated heterocycles. The van der Waals surface area contributed by atoms with Crippen molar-refractivity contribution < 1.29 is 19.4 Å². The van der Waals surface area contributed by atoms with Crippen molar-refractivity contribution in [1.82, 2.24) is 4.90 Å². The molecule has 1 aliphatic heterocycles. The number of nitrogens with zero attached hydrogens (tertiary/aromatic N) is 1. The number of carbonyl (C=O) groups is 2. The van der Waals surface area contributed by atoms with Crippen molar-refractivity contribution in [2.24, 2.45) is 5.92 Å². The number of rotatable bonds is 2. The molecule has 126 valence electrons. The number of carboxylic acid groups (broad SMARTS) is 1. The highest BCUT2D eigenvalue weighted by atomic mass is 16.5. The Labute approximate surface area is 137 Å². The molecule has 23 heavy (non-hydrogen) atoms. The van der Waals surface area contributed by atoms with Crippen LogP contribution in [-0.4, -0.2) is 35.7 Å². The molecule has 2 atom stereocenters. The third-order valence-electron chi connectivity index (χ3n) is 4.52. The number of ether oxygens (including phenoxy) is 1. The van der Waals surface area contributed by atoms with Crippen LogP contribution in [0.4, 0.5) is 4.79 Å². The molecule has 0 saturated carbocycles. The van der Waals surface area contributed by atoms with Gasteiger partial charge in [0, 0.05) is 6.54 Å². The normalized spacial score (nSPS) is 21.8. The summed E-state index contributed by atoms with van der Waals surface area (Å²) in [5, 5.41) is 9.30. The van der Waals surface area contributed by atoms with Crippen molar-refractivity contribution >= 4 is 12.1 Å². The van der Waals surface area contributed by atoms with Gasteiger partial charge in [-0.2, -0.15) is 0 Å². The Morgan fingerprint density at radius 3 is 2.30 bits per heavy atom. The number of carbonyl (C=O) groups excluding carboxylic acids is 1. The number of hydrogen-bond acceptors (Lipinski definition) is 3. The standard InChI is InChI=1S/C18H25NO4/c1-18(2,3)14-7-5-12(6-8-14)15-11-13(16(20)21)9-10-19(15)17(22)23-4/h5-8,13,15H,9-11H2,1-4H3,(H,20,21). The molecule has 1 N–H and O–H groups in total. The summed E-state index contributed by atoms with van der Waals surface area (Å²) >= 11 is 0. The van der Waals surface area contributed by atoms with Crippen LogP contribution < -0.4 is 0 Å². The van der Waals surface area contributed by atoms with Gasteiger partial charge in [0.15, 0.2) is 0 Å². The number of piperidine rings is 1. The van der Waals surface area contributed by atoms with E-state index in [2.05, 4.69) is 32.9 Å². The summed E-state index contributed by atoms with van der Waals surface area (Å²) in [6.45, 7) is 6.83. The van der Waals surface area contributed by atoms with E-state index in [9.17, 15) is 14.7 Å². The molecule has 5 nitrogen and oxygen atoms in total. The molecule has 5 heteroatoms. The molecule has 0 aliphatic carbocycles. The zero-order valence-corrected chi connectivity index (χ0v) is 14.2. The van der Waals surface area contributed by atoms with E-state index >= 15 is 0 Å². The number of amides is 1. The number of hydrogen-bond donors (Lipinski definition) is 1. The van der Waals surface area contributed by atoms with Crippen LogP contribution >= 0.6 is 0 Å². The Morgan fingerprint density at radius 1 is 1.22 bits per heavy atom. The Bertz CT molecular complexity index is 574. The van der Waals surface area contributed by atoms with E-state index in [1.165, 1.54) is 12.7 Å². The van der Waals surface area contributed by atoms with E-state index in [1.54, 1.807) is 4.90 Å². The van der Waals surface area contributed by atoms with E-state index in [4.69, 9.17) is 4.74 Å². The van der Waals surface area contributed by atoms with Crippen LogP contribution in [0.15, 0.2) is 24.3 Å². The SMILES string of the molecule is COC(=O)N1CCC(C(=O)O)CC1c1ccc(C(C)(C)C)cc1. The summed E-state index contributed by atoms with van der Waals surface area (Å²) in [5.74, 6) is -1.23. The lowest BCUT2D eigenvalue weighted by molar-refractivity contribution is -0.144. The van der Waals surface area contributed by atoms with Crippen LogP contribution in [-0.2, 0) is 14.9 Å². The summed E-state index contributed by atoms with van der Waals surface area (Å²) in [6, 6.07) is 7.83. The van der Waals surface area contributed by atoms with Gasteiger partial charge in [0.05, 0.1) is 19.1 Å². The maximum Gasteiger partial charge on any atom is 0.409 e. The lowest BCUT2D eigenvalue weighted by Crippen LogP contribution is -2.42. The average Bonchev–Trinajstić information content (AvgIpc) is 2.52. The minimum Gasteiger partial charge on any atom is -0.481 e. The van der Waals surface area contributed by atoms with Gasteiger partial charge in [-0.15, -0.1) is 0 Å². The fourth-order valence-electron chi connectivity index (χ4n) is 3.05. The van der Waals surface area contributed by atoms with Crippen molar-refractivity contribution in [2.45, 2.75) is 45.1 Å². The highest BCUT2D eigenvalue weighted by molar-refractivity contribution is 5.72. The lowest BCUT2D eigenvalue weighted by Gasteiger charge is -2.37. The fraction of sp³-hybridized carbons (Fsp3) is 0.556. The minimum atomic E-state index is -0.800. The van der Waals surface area contributed by atoms with E-state index in [1.807, 2.05) is 12.1 Å². The largest absolute Gasteiger partial charge is 0.481 e. The third kappa shape index (κ3) is 3.84. The van der Waals surface area contributed by atoms with Crippen molar-refractivity contribution in [3.8, 4) is 0 Å². The Hall–Kier alpha value is -2.04. The first kappa shape index (κ1) is 17.3. The van der Waals surface area contributed by atoms with E-state index < -0.39 is 18.0 Å². The van der Waals surface area contributed by atoms with Crippen LogP contribution in [0.2, 0.25) is 0 Å². The second-order valence-electron chi connectivity index (χ2n) is 7.11. The number of aliphatic carboxylic acids is 1. The number of carboxylic acids is 1. The second kappa shape index (κ2) is 6.60.